The van der Waals surface area contributed by atoms with Crippen LogP contribution in [-0.4, -0.2) is 11.0 Å². The van der Waals surface area contributed by atoms with Gasteiger partial charge in [-0.05, 0) is 43.9 Å². The molecule has 0 saturated carbocycles. The van der Waals surface area contributed by atoms with E-state index in [1.54, 1.807) is 0 Å². The molecule has 0 aliphatic heterocycles. The molecule has 2 heteroatoms. The predicted molar refractivity (Wildman–Crippen MR) is 65.0 cm³/mol. The molecule has 0 amide bonds. The summed E-state index contributed by atoms with van der Waals surface area (Å²) in [4.78, 5) is 3.31. The summed E-state index contributed by atoms with van der Waals surface area (Å²) >= 11 is 0. The van der Waals surface area contributed by atoms with E-state index in [0.29, 0.717) is 0 Å². The number of hydrogen-bond acceptors (Lipinski definition) is 1. The second kappa shape index (κ2) is 4.07. The SMILES string of the molecule is Cc1cccc2[nH]cc(CC[C@@H](C)N)c12. The third-order valence-electron chi connectivity index (χ3n) is 2.86. The molecule has 0 fully saturated rings. The van der Waals surface area contributed by atoms with Crippen molar-refractivity contribution in [1.82, 2.24) is 4.98 Å². The predicted octanol–water partition coefficient (Wildman–Crippen LogP) is 2.76. The van der Waals surface area contributed by atoms with Crippen LogP contribution in [0.1, 0.15) is 24.5 Å². The number of aryl methyl sites for hydroxylation is 2. The van der Waals surface area contributed by atoms with Gasteiger partial charge in [0.1, 0.15) is 0 Å². The standard InChI is InChI=1S/C13H18N2/c1-9-4-3-5-12-13(9)11(8-15-12)7-6-10(2)14/h3-5,8,10,15H,6-7,14H2,1-2H3/t10-/m1/s1. The maximum Gasteiger partial charge on any atom is 0.0459 e. The van der Waals surface area contributed by atoms with Crippen molar-refractivity contribution in [1.29, 1.82) is 0 Å². The summed E-state index contributed by atoms with van der Waals surface area (Å²) in [6.07, 6.45) is 4.21. The number of nitrogens with two attached hydrogens (primary N) is 1. The summed E-state index contributed by atoms with van der Waals surface area (Å²) in [5.74, 6) is 0. The fourth-order valence-corrected chi connectivity index (χ4v) is 2.03. The molecule has 2 rings (SSSR count). The smallest absolute Gasteiger partial charge is 0.0459 e. The number of hydrogen-bond donors (Lipinski definition) is 2. The molecule has 0 unspecified atom stereocenters. The van der Waals surface area contributed by atoms with Crippen molar-refractivity contribution in [2.45, 2.75) is 32.7 Å². The Bertz CT molecular complexity index is 455. The van der Waals surface area contributed by atoms with Gasteiger partial charge in [-0.3, -0.25) is 0 Å². The van der Waals surface area contributed by atoms with E-state index in [0.717, 1.165) is 12.8 Å². The molecule has 1 atom stereocenters. The minimum Gasteiger partial charge on any atom is -0.361 e. The molecule has 1 heterocycles. The number of aromatic amines is 1. The first-order chi connectivity index (χ1) is 7.18. The zero-order chi connectivity index (χ0) is 10.8. The highest BCUT2D eigenvalue weighted by atomic mass is 14.7. The fraction of sp³-hybridized carbons (Fsp3) is 0.385. The third kappa shape index (κ3) is 2.05. The van der Waals surface area contributed by atoms with Gasteiger partial charge in [-0.25, -0.2) is 0 Å². The zero-order valence-corrected chi connectivity index (χ0v) is 9.38. The Morgan fingerprint density at radius 1 is 1.40 bits per heavy atom. The number of nitrogens with one attached hydrogen (secondary N) is 1. The van der Waals surface area contributed by atoms with Crippen LogP contribution in [0.5, 0.6) is 0 Å². The first-order valence-electron chi connectivity index (χ1n) is 5.49. The molecule has 1 aromatic carbocycles. The van der Waals surface area contributed by atoms with Crippen molar-refractivity contribution >= 4 is 10.9 Å². The van der Waals surface area contributed by atoms with Crippen molar-refractivity contribution < 1.29 is 0 Å². The van der Waals surface area contributed by atoms with Crippen molar-refractivity contribution in [3.05, 3.63) is 35.5 Å². The zero-order valence-electron chi connectivity index (χ0n) is 9.38. The van der Waals surface area contributed by atoms with Crippen LogP contribution in [0, 0.1) is 6.92 Å². The summed E-state index contributed by atoms with van der Waals surface area (Å²) in [5, 5.41) is 1.37. The van der Waals surface area contributed by atoms with E-state index in [1.807, 2.05) is 0 Å². The molecule has 0 radical (unpaired) electrons. The summed E-state index contributed by atoms with van der Waals surface area (Å²) in [6, 6.07) is 6.64. The van der Waals surface area contributed by atoms with Gasteiger partial charge in [0.2, 0.25) is 0 Å². The molecule has 15 heavy (non-hydrogen) atoms. The topological polar surface area (TPSA) is 41.8 Å². The number of benzene rings is 1. The van der Waals surface area contributed by atoms with E-state index in [4.69, 9.17) is 5.73 Å². The first kappa shape index (κ1) is 10.2. The Labute approximate surface area is 90.5 Å². The van der Waals surface area contributed by atoms with Crippen molar-refractivity contribution in [2.75, 3.05) is 0 Å². The van der Waals surface area contributed by atoms with Crippen LogP contribution in [0.2, 0.25) is 0 Å². The molecule has 1 aromatic heterocycles. The Balaban J connectivity index is 2.35. The lowest BCUT2D eigenvalue weighted by Crippen LogP contribution is -2.15. The van der Waals surface area contributed by atoms with Crippen LogP contribution in [-0.2, 0) is 6.42 Å². The average molecular weight is 202 g/mol. The second-order valence-electron chi connectivity index (χ2n) is 4.33. The monoisotopic (exact) mass is 202 g/mol. The van der Waals surface area contributed by atoms with Gasteiger partial charge in [-0.1, -0.05) is 12.1 Å². The number of rotatable bonds is 3. The highest BCUT2D eigenvalue weighted by molar-refractivity contribution is 5.86. The van der Waals surface area contributed by atoms with Gasteiger partial charge in [0, 0.05) is 23.1 Å². The highest BCUT2D eigenvalue weighted by Crippen LogP contribution is 2.23. The van der Waals surface area contributed by atoms with Crippen LogP contribution in [0.3, 0.4) is 0 Å². The molecule has 0 spiro atoms. The van der Waals surface area contributed by atoms with Crippen LogP contribution in [0.25, 0.3) is 10.9 Å². The summed E-state index contributed by atoms with van der Waals surface area (Å²) < 4.78 is 0. The first-order valence-corrected chi connectivity index (χ1v) is 5.49. The second-order valence-corrected chi connectivity index (χ2v) is 4.33. The lowest BCUT2D eigenvalue weighted by molar-refractivity contribution is 0.668. The van der Waals surface area contributed by atoms with Crippen molar-refractivity contribution in [3.63, 3.8) is 0 Å². The molecule has 2 aromatic rings. The van der Waals surface area contributed by atoms with Gasteiger partial charge in [0.05, 0.1) is 0 Å². The summed E-state index contributed by atoms with van der Waals surface area (Å²) in [5.41, 5.74) is 9.74. The van der Waals surface area contributed by atoms with E-state index in [9.17, 15) is 0 Å². The van der Waals surface area contributed by atoms with Gasteiger partial charge in [0.25, 0.3) is 0 Å². The molecule has 0 saturated heterocycles. The van der Waals surface area contributed by atoms with Crippen LogP contribution in [0.4, 0.5) is 0 Å². The Kier molecular flexibility index (Phi) is 2.78. The lowest BCUT2D eigenvalue weighted by atomic mass is 10.0. The van der Waals surface area contributed by atoms with Crippen molar-refractivity contribution in [2.24, 2.45) is 5.73 Å². The number of fused-ring (bicyclic) bond motifs is 1. The molecular weight excluding hydrogens is 184 g/mol. The van der Waals surface area contributed by atoms with Crippen LogP contribution >= 0.6 is 0 Å². The van der Waals surface area contributed by atoms with Gasteiger partial charge < -0.3 is 10.7 Å². The Hall–Kier alpha value is -1.28. The number of aromatic nitrogens is 1. The number of H-pyrrole nitrogens is 1. The summed E-state index contributed by atoms with van der Waals surface area (Å²) in [6.45, 7) is 4.22. The highest BCUT2D eigenvalue weighted by Gasteiger charge is 2.06. The lowest BCUT2D eigenvalue weighted by Gasteiger charge is -2.04. The Morgan fingerprint density at radius 3 is 2.93 bits per heavy atom. The largest absolute Gasteiger partial charge is 0.361 e. The molecule has 0 aliphatic carbocycles. The Morgan fingerprint density at radius 2 is 2.20 bits per heavy atom. The van der Waals surface area contributed by atoms with Gasteiger partial charge in [-0.2, -0.15) is 0 Å². The van der Waals surface area contributed by atoms with E-state index < -0.39 is 0 Å². The molecule has 2 nitrogen and oxygen atoms in total. The van der Waals surface area contributed by atoms with Crippen LogP contribution < -0.4 is 5.73 Å². The molecule has 3 N–H and O–H groups in total. The van der Waals surface area contributed by atoms with Crippen LogP contribution in [0.15, 0.2) is 24.4 Å². The molecule has 80 valence electrons. The molecule has 0 aliphatic rings. The average Bonchev–Trinajstić information content (AvgIpc) is 2.59. The van der Waals surface area contributed by atoms with E-state index in [2.05, 4.69) is 43.2 Å². The maximum absolute atomic E-state index is 5.78. The van der Waals surface area contributed by atoms with E-state index in [-0.39, 0.29) is 6.04 Å². The fourth-order valence-electron chi connectivity index (χ4n) is 2.03. The van der Waals surface area contributed by atoms with E-state index in [1.165, 1.54) is 22.0 Å². The van der Waals surface area contributed by atoms with E-state index >= 15 is 0 Å². The van der Waals surface area contributed by atoms with Gasteiger partial charge in [0.15, 0.2) is 0 Å². The maximum atomic E-state index is 5.78. The molecule has 0 bridgehead atoms. The van der Waals surface area contributed by atoms with Gasteiger partial charge >= 0.3 is 0 Å². The quantitative estimate of drug-likeness (QED) is 0.789. The van der Waals surface area contributed by atoms with Gasteiger partial charge in [-0.15, -0.1) is 0 Å². The normalized spacial score (nSPS) is 13.3. The third-order valence-corrected chi connectivity index (χ3v) is 2.86. The molecular formula is C13H18N2. The van der Waals surface area contributed by atoms with Crippen molar-refractivity contribution in [3.8, 4) is 0 Å². The minimum absolute atomic E-state index is 0.277. The summed E-state index contributed by atoms with van der Waals surface area (Å²) in [7, 11) is 0. The minimum atomic E-state index is 0.277.